The fourth-order valence-corrected chi connectivity index (χ4v) is 3.23. The normalized spacial score (nSPS) is 11.2. The van der Waals surface area contributed by atoms with E-state index in [2.05, 4.69) is 32.7 Å². The van der Waals surface area contributed by atoms with E-state index in [-0.39, 0.29) is 4.90 Å². The van der Waals surface area contributed by atoms with Gasteiger partial charge in [-0.1, -0.05) is 42.5 Å². The lowest BCUT2D eigenvalue weighted by Gasteiger charge is -2.10. The monoisotopic (exact) mass is 397 g/mol. The quantitative estimate of drug-likeness (QED) is 0.539. The van der Waals surface area contributed by atoms with Gasteiger partial charge in [-0.25, -0.2) is 23.5 Å². The number of primary sulfonamides is 1. The molecule has 8 heteroatoms. The van der Waals surface area contributed by atoms with Crippen molar-refractivity contribution < 1.29 is 8.42 Å². The molecule has 0 spiro atoms. The summed E-state index contributed by atoms with van der Waals surface area (Å²) >= 11 is 0. The predicted molar refractivity (Wildman–Crippen MR) is 111 cm³/mol. The largest absolute Gasteiger partial charge is 0.370 e. The third-order valence-electron chi connectivity index (χ3n) is 4.13. The number of hydrogen-bond acceptors (Lipinski definition) is 6. The molecule has 1 heterocycles. The molecule has 4 N–H and O–H groups in total. The van der Waals surface area contributed by atoms with Crippen LogP contribution in [0.15, 0.2) is 65.6 Å². The summed E-state index contributed by atoms with van der Waals surface area (Å²) in [5, 5.41) is 11.7. The minimum atomic E-state index is -3.66. The lowest BCUT2D eigenvalue weighted by Crippen LogP contribution is -2.12. The number of aromatic nitrogens is 2. The van der Waals surface area contributed by atoms with Gasteiger partial charge in [0, 0.05) is 19.2 Å². The van der Waals surface area contributed by atoms with E-state index in [4.69, 9.17) is 5.14 Å². The number of nitrogens with two attached hydrogens (primary N) is 1. The Kier molecular flexibility index (Phi) is 6.23. The van der Waals surface area contributed by atoms with E-state index in [1.165, 1.54) is 17.7 Å². The summed E-state index contributed by atoms with van der Waals surface area (Å²) in [7, 11) is -3.66. The molecule has 3 rings (SSSR count). The maximum Gasteiger partial charge on any atom is 0.238 e. The molecule has 3 aromatic rings. The van der Waals surface area contributed by atoms with Crippen molar-refractivity contribution in [3.05, 3.63) is 77.6 Å². The number of sulfonamides is 1. The minimum absolute atomic E-state index is 0.116. The zero-order valence-corrected chi connectivity index (χ0v) is 16.4. The molecule has 7 nitrogen and oxygen atoms in total. The standard InChI is InChI=1S/C20H23N5O2S/c1-15-24-19(13-20(25-15)23-14-17-5-3-2-4-6-17)22-12-11-16-7-9-18(10-8-16)28(21,26)27/h2-10,13H,11-12,14H2,1H3,(H2,21,26,27)(H2,22,23,24,25). The molecule has 0 aliphatic heterocycles. The smallest absolute Gasteiger partial charge is 0.238 e. The van der Waals surface area contributed by atoms with Gasteiger partial charge >= 0.3 is 0 Å². The fourth-order valence-electron chi connectivity index (χ4n) is 2.72. The summed E-state index contributed by atoms with van der Waals surface area (Å²) in [5.41, 5.74) is 2.18. The van der Waals surface area contributed by atoms with Gasteiger partial charge < -0.3 is 10.6 Å². The number of anilines is 2. The first-order valence-corrected chi connectivity index (χ1v) is 10.4. The van der Waals surface area contributed by atoms with Gasteiger partial charge in [0.15, 0.2) is 0 Å². The third-order valence-corrected chi connectivity index (χ3v) is 5.06. The highest BCUT2D eigenvalue weighted by Gasteiger charge is 2.07. The van der Waals surface area contributed by atoms with E-state index < -0.39 is 10.0 Å². The second-order valence-electron chi connectivity index (χ2n) is 6.39. The highest BCUT2D eigenvalue weighted by atomic mass is 32.2. The van der Waals surface area contributed by atoms with Crippen molar-refractivity contribution in [2.75, 3.05) is 17.2 Å². The Bertz CT molecular complexity index is 1020. The SMILES string of the molecule is Cc1nc(NCCc2ccc(S(N)(=O)=O)cc2)cc(NCc2ccccc2)n1. The average molecular weight is 398 g/mol. The molecule has 0 saturated carbocycles. The maximum atomic E-state index is 11.3. The molecule has 0 aliphatic carbocycles. The molecule has 0 bridgehead atoms. The van der Waals surface area contributed by atoms with Crippen LogP contribution in [0.2, 0.25) is 0 Å². The van der Waals surface area contributed by atoms with Gasteiger partial charge in [-0.2, -0.15) is 0 Å². The van der Waals surface area contributed by atoms with Crippen LogP contribution in [-0.4, -0.2) is 24.9 Å². The first-order chi connectivity index (χ1) is 13.4. The number of hydrogen-bond donors (Lipinski definition) is 3. The lowest BCUT2D eigenvalue weighted by atomic mass is 10.1. The van der Waals surface area contributed by atoms with E-state index in [1.807, 2.05) is 31.2 Å². The van der Waals surface area contributed by atoms with Crippen molar-refractivity contribution in [2.24, 2.45) is 5.14 Å². The van der Waals surface area contributed by atoms with E-state index in [9.17, 15) is 8.42 Å². The molecular formula is C20H23N5O2S. The molecule has 0 radical (unpaired) electrons. The number of rotatable bonds is 8. The number of nitrogens with zero attached hydrogens (tertiary/aromatic N) is 2. The van der Waals surface area contributed by atoms with E-state index in [0.29, 0.717) is 18.9 Å². The van der Waals surface area contributed by atoms with Gasteiger partial charge in [0.2, 0.25) is 10.0 Å². The second-order valence-corrected chi connectivity index (χ2v) is 7.95. The van der Waals surface area contributed by atoms with Crippen molar-refractivity contribution in [3.63, 3.8) is 0 Å². The van der Waals surface area contributed by atoms with Crippen LogP contribution < -0.4 is 15.8 Å². The Balaban J connectivity index is 1.56. The molecular weight excluding hydrogens is 374 g/mol. The van der Waals surface area contributed by atoms with Gasteiger partial charge in [0.05, 0.1) is 4.90 Å². The number of benzene rings is 2. The van der Waals surface area contributed by atoms with Gasteiger partial charge in [-0.15, -0.1) is 0 Å². The first kappa shape index (κ1) is 19.8. The molecule has 28 heavy (non-hydrogen) atoms. The van der Waals surface area contributed by atoms with Crippen LogP contribution in [-0.2, 0) is 23.0 Å². The highest BCUT2D eigenvalue weighted by molar-refractivity contribution is 7.89. The zero-order valence-electron chi connectivity index (χ0n) is 15.6. The maximum absolute atomic E-state index is 11.3. The van der Waals surface area contributed by atoms with Crippen LogP contribution in [0, 0.1) is 6.92 Å². The molecule has 0 saturated heterocycles. The Morgan fingerprint density at radius 2 is 1.54 bits per heavy atom. The average Bonchev–Trinajstić information content (AvgIpc) is 2.67. The summed E-state index contributed by atoms with van der Waals surface area (Å²) < 4.78 is 22.6. The Morgan fingerprint density at radius 3 is 2.18 bits per heavy atom. The van der Waals surface area contributed by atoms with Gasteiger partial charge in [-0.05, 0) is 36.6 Å². The molecule has 0 atom stereocenters. The van der Waals surface area contributed by atoms with Crippen LogP contribution in [0.1, 0.15) is 17.0 Å². The molecule has 2 aromatic carbocycles. The zero-order chi connectivity index (χ0) is 20.0. The molecule has 0 aliphatic rings. The van der Waals surface area contributed by atoms with Crippen LogP contribution in [0.25, 0.3) is 0 Å². The summed E-state index contributed by atoms with van der Waals surface area (Å²) in [6.45, 7) is 3.20. The first-order valence-electron chi connectivity index (χ1n) is 8.89. The Morgan fingerprint density at radius 1 is 0.893 bits per heavy atom. The van der Waals surface area contributed by atoms with Crippen molar-refractivity contribution in [1.82, 2.24) is 9.97 Å². The topological polar surface area (TPSA) is 110 Å². The predicted octanol–water partition coefficient (Wildman–Crippen LogP) is 2.70. The fraction of sp³-hybridized carbons (Fsp3) is 0.200. The molecule has 0 fully saturated rings. The highest BCUT2D eigenvalue weighted by Crippen LogP contribution is 2.13. The van der Waals surface area contributed by atoms with Crippen molar-refractivity contribution >= 4 is 21.7 Å². The Labute approximate surface area is 165 Å². The molecule has 0 amide bonds. The van der Waals surface area contributed by atoms with Crippen LogP contribution in [0.5, 0.6) is 0 Å². The van der Waals surface area contributed by atoms with Crippen LogP contribution in [0.3, 0.4) is 0 Å². The molecule has 146 valence electrons. The molecule has 1 aromatic heterocycles. The lowest BCUT2D eigenvalue weighted by molar-refractivity contribution is 0.598. The van der Waals surface area contributed by atoms with Crippen LogP contribution >= 0.6 is 0 Å². The summed E-state index contributed by atoms with van der Waals surface area (Å²) in [4.78, 5) is 8.94. The second kappa shape index (κ2) is 8.81. The van der Waals surface area contributed by atoms with Crippen LogP contribution in [0.4, 0.5) is 11.6 Å². The van der Waals surface area contributed by atoms with Gasteiger partial charge in [0.25, 0.3) is 0 Å². The molecule has 0 unspecified atom stereocenters. The van der Waals surface area contributed by atoms with E-state index in [0.717, 1.165) is 23.6 Å². The van der Waals surface area contributed by atoms with E-state index in [1.54, 1.807) is 12.1 Å². The van der Waals surface area contributed by atoms with E-state index >= 15 is 0 Å². The summed E-state index contributed by atoms with van der Waals surface area (Å²) in [6.07, 6.45) is 0.723. The number of nitrogens with one attached hydrogen (secondary N) is 2. The van der Waals surface area contributed by atoms with Crippen molar-refractivity contribution in [1.29, 1.82) is 0 Å². The Hall–Kier alpha value is -2.97. The van der Waals surface area contributed by atoms with Crippen molar-refractivity contribution in [3.8, 4) is 0 Å². The number of aryl methyl sites for hydroxylation is 1. The summed E-state index contributed by atoms with van der Waals surface area (Å²) in [5.74, 6) is 2.18. The van der Waals surface area contributed by atoms with Crippen molar-refractivity contribution in [2.45, 2.75) is 24.8 Å². The van der Waals surface area contributed by atoms with Gasteiger partial charge in [0.1, 0.15) is 17.5 Å². The van der Waals surface area contributed by atoms with Gasteiger partial charge in [-0.3, -0.25) is 0 Å². The third kappa shape index (κ3) is 5.77. The summed E-state index contributed by atoms with van der Waals surface area (Å²) in [6, 6.07) is 18.6. The minimum Gasteiger partial charge on any atom is -0.370 e.